The molecule has 0 amide bonds. The fraction of sp³-hybridized carbons (Fsp3) is 0.571. The first-order chi connectivity index (χ1) is 9.98. The van der Waals surface area contributed by atoms with Crippen molar-refractivity contribution in [3.05, 3.63) is 29.6 Å². The van der Waals surface area contributed by atoms with Gasteiger partial charge in [-0.3, -0.25) is 0 Å². The van der Waals surface area contributed by atoms with E-state index in [1.807, 2.05) is 6.92 Å². The zero-order valence-corrected chi connectivity index (χ0v) is 13.1. The highest BCUT2D eigenvalue weighted by atomic mass is 32.2. The maximum atomic E-state index is 13.5. The summed E-state index contributed by atoms with van der Waals surface area (Å²) in [4.78, 5) is 0.0419. The summed E-state index contributed by atoms with van der Waals surface area (Å²) in [6, 6.07) is 3.91. The van der Waals surface area contributed by atoms with Crippen LogP contribution in [0.2, 0.25) is 0 Å². The third-order valence-electron chi connectivity index (χ3n) is 3.65. The number of benzene rings is 1. The maximum absolute atomic E-state index is 13.5. The van der Waals surface area contributed by atoms with Crippen molar-refractivity contribution in [2.24, 2.45) is 0 Å². The first-order valence-corrected chi connectivity index (χ1v) is 8.45. The summed E-state index contributed by atoms with van der Waals surface area (Å²) in [6.45, 7) is 3.76. The Morgan fingerprint density at radius 3 is 2.86 bits per heavy atom. The Bertz CT molecular complexity index is 592. The van der Waals surface area contributed by atoms with Crippen LogP contribution in [0.1, 0.15) is 18.9 Å². The van der Waals surface area contributed by atoms with Gasteiger partial charge >= 0.3 is 0 Å². The molecule has 0 aliphatic carbocycles. The van der Waals surface area contributed by atoms with E-state index in [9.17, 15) is 12.8 Å². The van der Waals surface area contributed by atoms with E-state index in [1.165, 1.54) is 16.4 Å². The van der Waals surface area contributed by atoms with E-state index in [0.29, 0.717) is 38.2 Å². The molecule has 0 bridgehead atoms. The highest BCUT2D eigenvalue weighted by Gasteiger charge is 2.34. The largest absolute Gasteiger partial charge is 0.380 e. The van der Waals surface area contributed by atoms with E-state index in [-0.39, 0.29) is 11.0 Å². The minimum absolute atomic E-state index is 0.0419. The van der Waals surface area contributed by atoms with Crippen molar-refractivity contribution in [2.45, 2.75) is 30.9 Å². The van der Waals surface area contributed by atoms with Crippen molar-refractivity contribution in [3.8, 4) is 0 Å². The second-order valence-electron chi connectivity index (χ2n) is 5.04. The number of hydrogen-bond donors (Lipinski definition) is 1. The zero-order valence-electron chi connectivity index (χ0n) is 12.3. The molecule has 1 aliphatic rings. The molecular formula is C14H21FN2O3S. The van der Waals surface area contributed by atoms with Gasteiger partial charge in [-0.1, -0.05) is 13.0 Å². The summed E-state index contributed by atoms with van der Waals surface area (Å²) in [7, 11) is -2.12. The summed E-state index contributed by atoms with van der Waals surface area (Å²) in [5.41, 5.74) is 0.583. The Morgan fingerprint density at radius 2 is 2.24 bits per heavy atom. The second-order valence-corrected chi connectivity index (χ2v) is 6.95. The van der Waals surface area contributed by atoms with E-state index >= 15 is 0 Å². The number of ether oxygens (including phenoxy) is 1. The van der Waals surface area contributed by atoms with E-state index < -0.39 is 15.8 Å². The molecule has 1 saturated heterocycles. The lowest BCUT2D eigenvalue weighted by molar-refractivity contribution is 0.115. The number of sulfonamides is 1. The van der Waals surface area contributed by atoms with Gasteiger partial charge in [-0.05, 0) is 30.7 Å². The average Bonchev–Trinajstić information content (AvgIpc) is 2.95. The second kappa shape index (κ2) is 6.83. The molecule has 1 aromatic carbocycles. The molecule has 0 radical (unpaired) electrons. The summed E-state index contributed by atoms with van der Waals surface area (Å²) < 4.78 is 45.5. The number of nitrogens with zero attached hydrogens (tertiary/aromatic N) is 1. The smallest absolute Gasteiger partial charge is 0.243 e. The SMILES string of the molecule is CCNCc1ccc(F)cc1S(=O)(=O)N1CCC(OC)C1. The predicted octanol–water partition coefficient (Wildman–Crippen LogP) is 1.34. The average molecular weight is 316 g/mol. The van der Waals surface area contributed by atoms with E-state index in [4.69, 9.17) is 4.74 Å². The van der Waals surface area contributed by atoms with Gasteiger partial charge in [0, 0.05) is 26.7 Å². The van der Waals surface area contributed by atoms with Gasteiger partial charge < -0.3 is 10.1 Å². The molecule has 7 heteroatoms. The Labute approximate surface area is 125 Å². The molecule has 0 saturated carbocycles. The van der Waals surface area contributed by atoms with Crippen LogP contribution < -0.4 is 5.32 Å². The van der Waals surface area contributed by atoms with Gasteiger partial charge in [0.25, 0.3) is 0 Å². The van der Waals surface area contributed by atoms with E-state index in [2.05, 4.69) is 5.32 Å². The lowest BCUT2D eigenvalue weighted by atomic mass is 10.2. The van der Waals surface area contributed by atoms with Crippen molar-refractivity contribution in [1.29, 1.82) is 0 Å². The Morgan fingerprint density at radius 1 is 1.48 bits per heavy atom. The molecule has 2 rings (SSSR count). The molecule has 0 aromatic heterocycles. The standard InChI is InChI=1S/C14H21FN2O3S/c1-3-16-9-11-4-5-12(15)8-14(11)21(18,19)17-7-6-13(10-17)20-2/h4-5,8,13,16H,3,6-7,9-10H2,1-2H3. The molecular weight excluding hydrogens is 295 g/mol. The Hall–Kier alpha value is -1.02. The predicted molar refractivity (Wildman–Crippen MR) is 78.0 cm³/mol. The number of methoxy groups -OCH3 is 1. The van der Waals surface area contributed by atoms with Crippen LogP contribution in [-0.2, 0) is 21.3 Å². The Kier molecular flexibility index (Phi) is 5.32. The van der Waals surface area contributed by atoms with Crippen molar-refractivity contribution in [2.75, 3.05) is 26.7 Å². The van der Waals surface area contributed by atoms with Crippen LogP contribution in [0.15, 0.2) is 23.1 Å². The maximum Gasteiger partial charge on any atom is 0.243 e. The zero-order chi connectivity index (χ0) is 15.5. The third-order valence-corrected chi connectivity index (χ3v) is 5.60. The van der Waals surface area contributed by atoms with Crippen LogP contribution in [0.25, 0.3) is 0 Å². The van der Waals surface area contributed by atoms with E-state index in [1.54, 1.807) is 7.11 Å². The van der Waals surface area contributed by atoms with Gasteiger partial charge in [0.2, 0.25) is 10.0 Å². The minimum atomic E-state index is -3.69. The summed E-state index contributed by atoms with van der Waals surface area (Å²) in [5, 5.41) is 3.08. The summed E-state index contributed by atoms with van der Waals surface area (Å²) in [5.74, 6) is -0.545. The van der Waals surface area contributed by atoms with Gasteiger partial charge in [0.1, 0.15) is 5.82 Å². The fourth-order valence-electron chi connectivity index (χ4n) is 2.42. The molecule has 1 heterocycles. The van der Waals surface area contributed by atoms with Crippen LogP contribution in [0.4, 0.5) is 4.39 Å². The fourth-order valence-corrected chi connectivity index (χ4v) is 4.14. The molecule has 1 N–H and O–H groups in total. The molecule has 1 unspecified atom stereocenters. The van der Waals surface area contributed by atoms with Crippen LogP contribution >= 0.6 is 0 Å². The monoisotopic (exact) mass is 316 g/mol. The number of rotatable bonds is 6. The molecule has 0 spiro atoms. The quantitative estimate of drug-likeness (QED) is 0.860. The first kappa shape index (κ1) is 16.4. The molecule has 118 valence electrons. The van der Waals surface area contributed by atoms with Crippen LogP contribution in [0, 0.1) is 5.82 Å². The van der Waals surface area contributed by atoms with Gasteiger partial charge in [0.05, 0.1) is 11.0 Å². The van der Waals surface area contributed by atoms with Crippen molar-refractivity contribution in [3.63, 3.8) is 0 Å². The third kappa shape index (κ3) is 3.60. The minimum Gasteiger partial charge on any atom is -0.380 e. The van der Waals surface area contributed by atoms with E-state index in [0.717, 1.165) is 6.07 Å². The molecule has 1 atom stereocenters. The van der Waals surface area contributed by atoms with Gasteiger partial charge in [-0.25, -0.2) is 12.8 Å². The summed E-state index contributed by atoms with van der Waals surface area (Å²) >= 11 is 0. The van der Waals surface area contributed by atoms with Crippen molar-refractivity contribution < 1.29 is 17.5 Å². The van der Waals surface area contributed by atoms with Crippen LogP contribution in [0.3, 0.4) is 0 Å². The van der Waals surface area contributed by atoms with Gasteiger partial charge in [-0.2, -0.15) is 4.31 Å². The van der Waals surface area contributed by atoms with Gasteiger partial charge in [-0.15, -0.1) is 0 Å². The van der Waals surface area contributed by atoms with Crippen LogP contribution in [-0.4, -0.2) is 45.6 Å². The summed E-state index contributed by atoms with van der Waals surface area (Å²) in [6.07, 6.45) is 0.568. The molecule has 5 nitrogen and oxygen atoms in total. The highest BCUT2D eigenvalue weighted by Crippen LogP contribution is 2.25. The van der Waals surface area contributed by atoms with Crippen LogP contribution in [0.5, 0.6) is 0 Å². The van der Waals surface area contributed by atoms with Crippen molar-refractivity contribution >= 4 is 10.0 Å². The first-order valence-electron chi connectivity index (χ1n) is 7.01. The molecule has 1 aliphatic heterocycles. The molecule has 1 fully saturated rings. The lowest BCUT2D eigenvalue weighted by Crippen LogP contribution is -2.31. The lowest BCUT2D eigenvalue weighted by Gasteiger charge is -2.19. The highest BCUT2D eigenvalue weighted by molar-refractivity contribution is 7.89. The van der Waals surface area contributed by atoms with Crippen molar-refractivity contribution in [1.82, 2.24) is 9.62 Å². The number of nitrogens with one attached hydrogen (secondary N) is 1. The van der Waals surface area contributed by atoms with Gasteiger partial charge in [0.15, 0.2) is 0 Å². The number of halogens is 1. The normalized spacial score (nSPS) is 20.0. The molecule has 1 aromatic rings. The molecule has 21 heavy (non-hydrogen) atoms. The topological polar surface area (TPSA) is 58.6 Å². The Balaban J connectivity index is 2.32. The number of hydrogen-bond acceptors (Lipinski definition) is 4.